The normalized spacial score (nSPS) is 13.5. The molecule has 160 valence electrons. The van der Waals surface area contributed by atoms with Gasteiger partial charge in [-0.2, -0.15) is 13.2 Å². The van der Waals surface area contributed by atoms with Crippen LogP contribution in [0.25, 0.3) is 11.4 Å². The van der Waals surface area contributed by atoms with Crippen LogP contribution in [0.2, 0.25) is 0 Å². The minimum absolute atomic E-state index is 0.0419. The lowest BCUT2D eigenvalue weighted by molar-refractivity contribution is -0.141. The molecule has 0 fully saturated rings. The van der Waals surface area contributed by atoms with E-state index in [9.17, 15) is 18.0 Å². The quantitative estimate of drug-likeness (QED) is 0.601. The summed E-state index contributed by atoms with van der Waals surface area (Å²) >= 11 is 0. The Bertz CT molecular complexity index is 1080. The molecule has 1 N–H and O–H groups in total. The Labute approximate surface area is 175 Å². The van der Waals surface area contributed by atoms with Gasteiger partial charge in [-0.05, 0) is 30.7 Å². The largest absolute Gasteiger partial charge is 0.482 e. The van der Waals surface area contributed by atoms with Gasteiger partial charge in [-0.15, -0.1) is 0 Å². The Morgan fingerprint density at radius 3 is 2.74 bits per heavy atom. The van der Waals surface area contributed by atoms with Gasteiger partial charge in [-0.3, -0.25) is 9.78 Å². The van der Waals surface area contributed by atoms with Gasteiger partial charge in [0.25, 0.3) is 5.91 Å². The number of hydrogen-bond acceptors (Lipinski definition) is 6. The zero-order chi connectivity index (χ0) is 21.8. The Morgan fingerprint density at radius 2 is 1.97 bits per heavy atom. The van der Waals surface area contributed by atoms with Crippen LogP contribution in [-0.4, -0.2) is 40.6 Å². The van der Waals surface area contributed by atoms with Crippen molar-refractivity contribution in [3.63, 3.8) is 0 Å². The number of pyridine rings is 1. The van der Waals surface area contributed by atoms with Crippen LogP contribution in [0.3, 0.4) is 0 Å². The van der Waals surface area contributed by atoms with Crippen molar-refractivity contribution in [1.29, 1.82) is 0 Å². The van der Waals surface area contributed by atoms with Crippen LogP contribution < -0.4 is 15.0 Å². The molecule has 3 heterocycles. The predicted octanol–water partition coefficient (Wildman–Crippen LogP) is 3.79. The van der Waals surface area contributed by atoms with Crippen molar-refractivity contribution in [1.82, 2.24) is 15.0 Å². The highest BCUT2D eigenvalue weighted by atomic mass is 19.4. The third-order valence-electron chi connectivity index (χ3n) is 4.61. The van der Waals surface area contributed by atoms with Crippen molar-refractivity contribution >= 4 is 17.4 Å². The van der Waals surface area contributed by atoms with E-state index in [1.807, 2.05) is 12.1 Å². The Hall–Kier alpha value is -3.69. The van der Waals surface area contributed by atoms with Crippen molar-refractivity contribution in [2.45, 2.75) is 12.6 Å². The van der Waals surface area contributed by atoms with Gasteiger partial charge in [0.05, 0.1) is 5.69 Å². The number of carbonyl (C=O) groups is 1. The number of nitrogens with zero attached hydrogens (tertiary/aromatic N) is 4. The molecule has 2 aromatic heterocycles. The highest BCUT2D eigenvalue weighted by molar-refractivity contribution is 5.97. The Balaban J connectivity index is 1.46. The fourth-order valence-electron chi connectivity index (χ4n) is 3.16. The minimum Gasteiger partial charge on any atom is -0.482 e. The van der Waals surface area contributed by atoms with Gasteiger partial charge in [0.2, 0.25) is 0 Å². The number of para-hydroxylation sites is 2. The van der Waals surface area contributed by atoms with Gasteiger partial charge in [0, 0.05) is 37.1 Å². The van der Waals surface area contributed by atoms with Crippen LogP contribution in [0.5, 0.6) is 5.75 Å². The van der Waals surface area contributed by atoms with Gasteiger partial charge in [0.1, 0.15) is 11.6 Å². The maximum atomic E-state index is 13.3. The first-order valence-electron chi connectivity index (χ1n) is 9.54. The van der Waals surface area contributed by atoms with Crippen LogP contribution >= 0.6 is 0 Å². The van der Waals surface area contributed by atoms with Crippen molar-refractivity contribution in [3.05, 3.63) is 60.6 Å². The lowest BCUT2D eigenvalue weighted by atomic mass is 10.2. The number of aromatic nitrogens is 3. The third-order valence-corrected chi connectivity index (χ3v) is 4.61. The van der Waals surface area contributed by atoms with E-state index in [1.54, 1.807) is 29.2 Å². The third kappa shape index (κ3) is 4.73. The van der Waals surface area contributed by atoms with E-state index in [0.717, 1.165) is 6.07 Å². The van der Waals surface area contributed by atoms with E-state index in [0.29, 0.717) is 36.5 Å². The molecule has 0 unspecified atom stereocenters. The smallest absolute Gasteiger partial charge is 0.433 e. The standard InChI is InChI=1S/C21H18F3N5O2/c22-21(23,24)17-11-18(28-20(27-17)14-5-3-8-25-12-14)26-9-4-10-29-15-6-1-2-7-16(15)31-13-19(29)30/h1-3,5-8,11-12H,4,9-10,13H2,(H,26,27,28). The van der Waals surface area contributed by atoms with E-state index in [2.05, 4.69) is 20.3 Å². The molecule has 1 amide bonds. The predicted molar refractivity (Wildman–Crippen MR) is 108 cm³/mol. The molecule has 0 radical (unpaired) electrons. The average Bonchev–Trinajstić information content (AvgIpc) is 2.77. The topological polar surface area (TPSA) is 80.2 Å². The number of ether oxygens (including phenoxy) is 1. The van der Waals surface area contributed by atoms with E-state index >= 15 is 0 Å². The van der Waals surface area contributed by atoms with E-state index < -0.39 is 11.9 Å². The SMILES string of the molecule is O=C1COc2ccccc2N1CCCNc1cc(C(F)(F)F)nc(-c2cccnc2)n1. The molecule has 0 atom stereocenters. The Morgan fingerprint density at radius 1 is 1.13 bits per heavy atom. The molecule has 0 saturated carbocycles. The molecule has 3 aromatic rings. The molecular weight excluding hydrogens is 411 g/mol. The summed E-state index contributed by atoms with van der Waals surface area (Å²) in [6, 6.07) is 11.3. The second-order valence-corrected chi connectivity index (χ2v) is 6.78. The summed E-state index contributed by atoms with van der Waals surface area (Å²) in [7, 11) is 0. The molecule has 7 nitrogen and oxygen atoms in total. The lowest BCUT2D eigenvalue weighted by Crippen LogP contribution is -2.39. The van der Waals surface area contributed by atoms with E-state index in [-0.39, 0.29) is 24.2 Å². The molecule has 0 spiro atoms. The van der Waals surface area contributed by atoms with Crippen LogP contribution in [-0.2, 0) is 11.0 Å². The number of fused-ring (bicyclic) bond motifs is 1. The van der Waals surface area contributed by atoms with Gasteiger partial charge in [-0.1, -0.05) is 12.1 Å². The molecule has 0 saturated heterocycles. The average molecular weight is 429 g/mol. The summed E-state index contributed by atoms with van der Waals surface area (Å²) < 4.78 is 45.3. The van der Waals surface area contributed by atoms with Gasteiger partial charge in [-0.25, -0.2) is 9.97 Å². The summed E-state index contributed by atoms with van der Waals surface area (Å²) in [5, 5.41) is 2.90. The van der Waals surface area contributed by atoms with Gasteiger partial charge in [0.15, 0.2) is 18.1 Å². The molecule has 1 aliphatic rings. The molecule has 31 heavy (non-hydrogen) atoms. The summed E-state index contributed by atoms with van der Waals surface area (Å²) in [4.78, 5) is 25.5. The minimum atomic E-state index is -4.61. The molecule has 10 heteroatoms. The maximum absolute atomic E-state index is 13.3. The van der Waals surface area contributed by atoms with E-state index in [1.165, 1.54) is 12.4 Å². The fourth-order valence-corrected chi connectivity index (χ4v) is 3.16. The maximum Gasteiger partial charge on any atom is 0.433 e. The van der Waals surface area contributed by atoms with Crippen molar-refractivity contribution in [2.24, 2.45) is 0 Å². The molecule has 1 aromatic carbocycles. The number of benzene rings is 1. The van der Waals surface area contributed by atoms with Crippen LogP contribution in [0, 0.1) is 0 Å². The van der Waals surface area contributed by atoms with Crippen molar-refractivity contribution in [3.8, 4) is 17.1 Å². The summed E-state index contributed by atoms with van der Waals surface area (Å²) in [5.74, 6) is 0.443. The fraction of sp³-hybridized carbons (Fsp3) is 0.238. The number of halogens is 3. The summed E-state index contributed by atoms with van der Waals surface area (Å²) in [6.07, 6.45) is -1.20. The molecule has 0 bridgehead atoms. The lowest BCUT2D eigenvalue weighted by Gasteiger charge is -2.29. The summed E-state index contributed by atoms with van der Waals surface area (Å²) in [5.41, 5.74) is 0.0207. The van der Waals surface area contributed by atoms with Gasteiger partial charge < -0.3 is 15.0 Å². The second kappa shape index (κ2) is 8.58. The van der Waals surface area contributed by atoms with Crippen LogP contribution in [0.1, 0.15) is 12.1 Å². The second-order valence-electron chi connectivity index (χ2n) is 6.78. The number of carbonyl (C=O) groups excluding carboxylic acids is 1. The van der Waals surface area contributed by atoms with E-state index in [4.69, 9.17) is 4.74 Å². The number of hydrogen-bond donors (Lipinski definition) is 1. The van der Waals surface area contributed by atoms with Crippen LogP contribution in [0.4, 0.5) is 24.7 Å². The first-order valence-corrected chi connectivity index (χ1v) is 9.54. The number of anilines is 2. The molecule has 1 aliphatic heterocycles. The first kappa shape index (κ1) is 20.6. The summed E-state index contributed by atoms with van der Waals surface area (Å²) in [6.45, 7) is 0.659. The highest BCUT2D eigenvalue weighted by Crippen LogP contribution is 2.32. The number of nitrogens with one attached hydrogen (secondary N) is 1. The zero-order valence-corrected chi connectivity index (χ0v) is 16.3. The monoisotopic (exact) mass is 429 g/mol. The van der Waals surface area contributed by atoms with Crippen molar-refractivity contribution in [2.75, 3.05) is 29.9 Å². The molecule has 4 rings (SSSR count). The first-order chi connectivity index (χ1) is 14.9. The number of amides is 1. The van der Waals surface area contributed by atoms with Crippen molar-refractivity contribution < 1.29 is 22.7 Å². The van der Waals surface area contributed by atoms with Crippen LogP contribution in [0.15, 0.2) is 54.9 Å². The zero-order valence-electron chi connectivity index (χ0n) is 16.3. The number of alkyl halides is 3. The molecular formula is C21H18F3N5O2. The number of rotatable bonds is 6. The molecule has 0 aliphatic carbocycles. The van der Waals surface area contributed by atoms with Gasteiger partial charge >= 0.3 is 6.18 Å². The highest BCUT2D eigenvalue weighted by Gasteiger charge is 2.34. The Kier molecular flexibility index (Phi) is 5.70.